The molecule has 180 valence electrons. The van der Waals surface area contributed by atoms with Crippen LogP contribution in [0.4, 0.5) is 32.2 Å². The molecule has 2 amide bonds. The second-order valence-electron chi connectivity index (χ2n) is 6.40. The molecule has 1 heterocycles. The molecule has 0 aliphatic rings. The summed E-state index contributed by atoms with van der Waals surface area (Å²) in [4.78, 5) is 35.9. The van der Waals surface area contributed by atoms with E-state index >= 15 is 0 Å². The van der Waals surface area contributed by atoms with Crippen LogP contribution >= 0.6 is 0 Å². The summed E-state index contributed by atoms with van der Waals surface area (Å²) in [6.07, 6.45) is -10.2. The highest BCUT2D eigenvalue weighted by Crippen LogP contribution is 2.38. The maximum atomic E-state index is 12.9. The number of ether oxygens (including phenoxy) is 2. The number of esters is 1. The van der Waals surface area contributed by atoms with Crippen molar-refractivity contribution in [3.63, 3.8) is 0 Å². The number of furan rings is 1. The van der Waals surface area contributed by atoms with Crippen LogP contribution in [0, 0.1) is 6.92 Å². The number of nitrogens with two attached hydrogens (primary N) is 1. The van der Waals surface area contributed by atoms with E-state index in [2.05, 4.69) is 0 Å². The lowest BCUT2D eigenvalue weighted by molar-refractivity contribution is -0.143. The highest BCUT2D eigenvalue weighted by atomic mass is 19.4. The van der Waals surface area contributed by atoms with E-state index in [1.807, 2.05) is 5.32 Å². The van der Waals surface area contributed by atoms with Gasteiger partial charge < -0.3 is 19.6 Å². The molecule has 0 saturated carbocycles. The molecule has 0 spiro atoms. The molecule has 0 radical (unpaired) electrons. The first-order valence-electron chi connectivity index (χ1n) is 8.97. The maximum Gasteiger partial charge on any atom is 0.416 e. The van der Waals surface area contributed by atoms with Crippen molar-refractivity contribution < 1.29 is 54.6 Å². The van der Waals surface area contributed by atoms with Gasteiger partial charge in [-0.05, 0) is 32.0 Å². The number of carbonyl (C=O) groups is 3. The van der Waals surface area contributed by atoms with Gasteiger partial charge in [-0.25, -0.2) is 4.79 Å². The lowest BCUT2D eigenvalue weighted by atomic mass is 10.1. The maximum absolute atomic E-state index is 12.9. The Morgan fingerprint density at radius 1 is 1.00 bits per heavy atom. The van der Waals surface area contributed by atoms with Crippen molar-refractivity contribution in [3.05, 3.63) is 46.2 Å². The number of nitrogens with one attached hydrogen (secondary N) is 1. The van der Waals surface area contributed by atoms with Gasteiger partial charge in [-0.15, -0.1) is 0 Å². The van der Waals surface area contributed by atoms with Crippen LogP contribution < -0.4 is 15.8 Å². The zero-order valence-electron chi connectivity index (χ0n) is 16.9. The zero-order chi connectivity index (χ0) is 25.1. The van der Waals surface area contributed by atoms with Gasteiger partial charge in [0, 0.05) is 0 Å². The number of halogens is 6. The predicted octanol–water partition coefficient (Wildman–Crippen LogP) is 3.92. The summed E-state index contributed by atoms with van der Waals surface area (Å²) < 4.78 is 92.1. The molecule has 0 fully saturated rings. The van der Waals surface area contributed by atoms with Crippen molar-refractivity contribution >= 4 is 23.7 Å². The summed E-state index contributed by atoms with van der Waals surface area (Å²) in [7, 11) is 0. The molecule has 1 aromatic carbocycles. The minimum absolute atomic E-state index is 0.0475. The molecule has 0 unspecified atom stereocenters. The van der Waals surface area contributed by atoms with Crippen molar-refractivity contribution in [3.8, 4) is 5.75 Å². The molecular weight excluding hydrogens is 466 g/mol. The first-order valence-corrected chi connectivity index (χ1v) is 8.97. The van der Waals surface area contributed by atoms with Gasteiger partial charge in [0.2, 0.25) is 5.88 Å². The molecular formula is C19H16F6N2O6. The third-order valence-corrected chi connectivity index (χ3v) is 3.99. The molecule has 0 atom stereocenters. The molecule has 0 aliphatic heterocycles. The monoisotopic (exact) mass is 482 g/mol. The van der Waals surface area contributed by atoms with Gasteiger partial charge in [0.25, 0.3) is 11.8 Å². The van der Waals surface area contributed by atoms with Crippen LogP contribution in [0.3, 0.4) is 0 Å². The Morgan fingerprint density at radius 2 is 1.55 bits per heavy atom. The fourth-order valence-corrected chi connectivity index (χ4v) is 2.64. The van der Waals surface area contributed by atoms with E-state index < -0.39 is 65.1 Å². The smallest absolute Gasteiger partial charge is 0.416 e. The highest BCUT2D eigenvalue weighted by Gasteiger charge is 2.37. The quantitative estimate of drug-likeness (QED) is 0.456. The number of benzene rings is 1. The number of anilines is 1. The van der Waals surface area contributed by atoms with Gasteiger partial charge in [-0.2, -0.15) is 26.3 Å². The van der Waals surface area contributed by atoms with Crippen LogP contribution in [0.2, 0.25) is 0 Å². The van der Waals surface area contributed by atoms with Crippen molar-refractivity contribution in [1.29, 1.82) is 0 Å². The van der Waals surface area contributed by atoms with E-state index in [-0.39, 0.29) is 36.1 Å². The minimum atomic E-state index is -5.10. The second kappa shape index (κ2) is 9.42. The minimum Gasteiger partial charge on any atom is -0.484 e. The van der Waals surface area contributed by atoms with Crippen LogP contribution in [0.1, 0.15) is 44.5 Å². The Labute approximate surface area is 181 Å². The van der Waals surface area contributed by atoms with E-state index in [9.17, 15) is 40.7 Å². The summed E-state index contributed by atoms with van der Waals surface area (Å²) in [6, 6.07) is 0.467. The normalized spacial score (nSPS) is 11.8. The number of carbonyl (C=O) groups excluding carboxylic acids is 3. The summed E-state index contributed by atoms with van der Waals surface area (Å²) in [6.45, 7) is 1.65. The Hall–Kier alpha value is -3.71. The Bertz CT molecular complexity index is 1040. The lowest BCUT2D eigenvalue weighted by Crippen LogP contribution is -2.23. The molecule has 2 aromatic rings. The first kappa shape index (κ1) is 25.5. The van der Waals surface area contributed by atoms with Crippen molar-refractivity contribution in [2.24, 2.45) is 5.73 Å². The number of rotatable bonds is 7. The first-order chi connectivity index (χ1) is 15.1. The fourth-order valence-electron chi connectivity index (χ4n) is 2.64. The van der Waals surface area contributed by atoms with E-state index in [4.69, 9.17) is 19.6 Å². The topological polar surface area (TPSA) is 121 Å². The fraction of sp³-hybridized carbons (Fsp3) is 0.316. The Balaban J connectivity index is 2.26. The van der Waals surface area contributed by atoms with E-state index in [0.717, 1.165) is 0 Å². The van der Waals surface area contributed by atoms with Crippen LogP contribution in [-0.4, -0.2) is 31.0 Å². The van der Waals surface area contributed by atoms with Gasteiger partial charge >= 0.3 is 18.3 Å². The summed E-state index contributed by atoms with van der Waals surface area (Å²) >= 11 is 0. The molecule has 14 heteroatoms. The van der Waals surface area contributed by atoms with Crippen LogP contribution in [0.25, 0.3) is 0 Å². The standard InChI is InChI=1S/C19H16F6N2O6/c1-3-31-17(30)13-8(2)33-16(14(13)15(26)29)27-12(28)7-32-11-5-9(18(20,21)22)4-10(6-11)19(23,24)25/h4-6H,3,7H2,1-2H3,(H2,26,29)(H,27,28). The summed E-state index contributed by atoms with van der Waals surface area (Å²) in [5.41, 5.74) is 1.06. The van der Waals surface area contributed by atoms with E-state index in [0.29, 0.717) is 0 Å². The highest BCUT2D eigenvalue weighted by molar-refractivity contribution is 6.10. The number of hydrogen-bond acceptors (Lipinski definition) is 6. The summed E-state index contributed by atoms with van der Waals surface area (Å²) in [5.74, 6) is -4.85. The third-order valence-electron chi connectivity index (χ3n) is 3.99. The number of hydrogen-bond donors (Lipinski definition) is 2. The van der Waals surface area contributed by atoms with Gasteiger partial charge in [-0.3, -0.25) is 14.9 Å². The van der Waals surface area contributed by atoms with Crippen LogP contribution in [-0.2, 0) is 21.9 Å². The molecule has 2 rings (SSSR count). The molecule has 33 heavy (non-hydrogen) atoms. The lowest BCUT2D eigenvalue weighted by Gasteiger charge is -2.14. The molecule has 8 nitrogen and oxygen atoms in total. The van der Waals surface area contributed by atoms with E-state index in [1.165, 1.54) is 13.8 Å². The van der Waals surface area contributed by atoms with E-state index in [1.54, 1.807) is 0 Å². The average Bonchev–Trinajstić information content (AvgIpc) is 3.01. The summed E-state index contributed by atoms with van der Waals surface area (Å²) in [5, 5.41) is 2.03. The Morgan fingerprint density at radius 3 is 2.00 bits per heavy atom. The van der Waals surface area contributed by atoms with Gasteiger partial charge in [-0.1, -0.05) is 0 Å². The van der Waals surface area contributed by atoms with Crippen molar-refractivity contribution in [2.45, 2.75) is 26.2 Å². The second-order valence-corrected chi connectivity index (χ2v) is 6.40. The SMILES string of the molecule is CCOC(=O)c1c(C)oc(NC(=O)COc2cc(C(F)(F)F)cc(C(F)(F)F)c2)c1C(N)=O. The van der Waals surface area contributed by atoms with Gasteiger partial charge in [0.15, 0.2) is 6.61 Å². The molecule has 3 N–H and O–H groups in total. The predicted molar refractivity (Wildman–Crippen MR) is 98.5 cm³/mol. The molecule has 0 bridgehead atoms. The third kappa shape index (κ3) is 6.17. The largest absolute Gasteiger partial charge is 0.484 e. The molecule has 0 saturated heterocycles. The zero-order valence-corrected chi connectivity index (χ0v) is 16.9. The van der Waals surface area contributed by atoms with Crippen LogP contribution in [0.5, 0.6) is 5.75 Å². The van der Waals surface area contributed by atoms with Crippen LogP contribution in [0.15, 0.2) is 22.6 Å². The van der Waals surface area contributed by atoms with Gasteiger partial charge in [0.1, 0.15) is 22.6 Å². The van der Waals surface area contributed by atoms with Crippen molar-refractivity contribution in [2.75, 3.05) is 18.5 Å². The number of alkyl halides is 6. The molecule has 1 aromatic heterocycles. The van der Waals surface area contributed by atoms with Crippen molar-refractivity contribution in [1.82, 2.24) is 0 Å². The number of primary amides is 1. The number of aryl methyl sites for hydroxylation is 1. The number of amides is 2. The van der Waals surface area contributed by atoms with Gasteiger partial charge in [0.05, 0.1) is 17.7 Å². The average molecular weight is 482 g/mol. The Kier molecular flexibility index (Phi) is 7.29. The molecule has 0 aliphatic carbocycles.